The first-order valence-corrected chi connectivity index (χ1v) is 18.1. The van der Waals surface area contributed by atoms with Gasteiger partial charge in [0.25, 0.3) is 0 Å². The molecule has 6 aliphatic rings. The number of ketones is 1. The highest BCUT2D eigenvalue weighted by Crippen LogP contribution is 2.78. The molecule has 8 atom stereocenters. The van der Waals surface area contributed by atoms with Crippen LogP contribution in [0.25, 0.3) is 0 Å². The molecule has 0 radical (unpaired) electrons. The number of carbonyl (C=O) groups excluding carboxylic acids is 2. The molecular formula is C41H49F3N2O4. The normalized spacial score (nSPS) is 37.1. The minimum Gasteiger partial charge on any atom is -0.393 e. The van der Waals surface area contributed by atoms with Gasteiger partial charge >= 0.3 is 12.2 Å². The van der Waals surface area contributed by atoms with Crippen LogP contribution in [0.3, 0.4) is 0 Å². The molecule has 8 unspecified atom stereocenters. The Morgan fingerprint density at radius 3 is 2.32 bits per heavy atom. The second-order valence-corrected chi connectivity index (χ2v) is 16.7. The van der Waals surface area contributed by atoms with Gasteiger partial charge < -0.3 is 20.4 Å². The molecule has 3 saturated carbocycles. The van der Waals surface area contributed by atoms with Crippen molar-refractivity contribution >= 4 is 11.8 Å². The first-order valence-electron chi connectivity index (χ1n) is 18.1. The van der Waals surface area contributed by atoms with Crippen molar-refractivity contribution in [2.45, 2.75) is 103 Å². The van der Waals surface area contributed by atoms with Gasteiger partial charge in [-0.2, -0.15) is 13.2 Å². The average Bonchev–Trinajstić information content (AvgIpc) is 3.33. The molecule has 2 amide bonds. The number of nitrogens with one attached hydrogen (secondary N) is 1. The largest absolute Gasteiger partial charge is 0.416 e. The summed E-state index contributed by atoms with van der Waals surface area (Å²) in [6, 6.07) is 14.0. The number of amides is 2. The number of rotatable bonds is 7. The van der Waals surface area contributed by atoms with Crippen LogP contribution < -0.4 is 5.32 Å². The first kappa shape index (κ1) is 35.0. The van der Waals surface area contributed by atoms with Gasteiger partial charge in [-0.3, -0.25) is 4.79 Å². The lowest BCUT2D eigenvalue weighted by molar-refractivity contribution is -0.174. The molecule has 6 nitrogen and oxygen atoms in total. The number of carbonyl (C=O) groups is 2. The van der Waals surface area contributed by atoms with Crippen LogP contribution in [0, 0.1) is 33.5 Å². The molecular weight excluding hydrogens is 641 g/mol. The molecule has 0 saturated heterocycles. The van der Waals surface area contributed by atoms with E-state index in [0.29, 0.717) is 50.6 Å². The Balaban J connectivity index is 1.32. The number of aliphatic hydroxyl groups excluding tert-OH is 1. The van der Waals surface area contributed by atoms with Gasteiger partial charge in [-0.25, -0.2) is 4.79 Å². The monoisotopic (exact) mass is 690 g/mol. The van der Waals surface area contributed by atoms with E-state index in [-0.39, 0.29) is 41.4 Å². The molecule has 2 aromatic rings. The number of Topliss-reactive ketones (excluding diaryl/α,β-unsaturated/α-hetero) is 1. The second kappa shape index (κ2) is 11.8. The molecule has 2 aromatic carbocycles. The Hall–Kier alpha value is -3.43. The minimum atomic E-state index is -4.60. The summed E-state index contributed by atoms with van der Waals surface area (Å²) in [5.74, 6) is -0.634. The molecule has 0 aliphatic heterocycles. The summed E-state index contributed by atoms with van der Waals surface area (Å²) >= 11 is 0. The van der Waals surface area contributed by atoms with E-state index < -0.39 is 45.5 Å². The fraction of sp³-hybridized carbons (Fsp3) is 0.561. The van der Waals surface area contributed by atoms with Gasteiger partial charge in [-0.15, -0.1) is 0 Å². The maximum Gasteiger partial charge on any atom is 0.416 e. The van der Waals surface area contributed by atoms with Crippen molar-refractivity contribution in [3.05, 3.63) is 95.1 Å². The Bertz CT molecular complexity index is 1740. The number of benzene rings is 2. The summed E-state index contributed by atoms with van der Waals surface area (Å²) in [6.07, 6.45) is 5.46. The van der Waals surface area contributed by atoms with E-state index in [1.807, 2.05) is 50.3 Å². The molecule has 9 heteroatoms. The minimum absolute atomic E-state index is 0.00506. The highest BCUT2D eigenvalue weighted by atomic mass is 19.4. The Labute approximate surface area is 292 Å². The summed E-state index contributed by atoms with van der Waals surface area (Å²) in [7, 11) is 0. The SMILES string of the molecule is CC(C)NC(=O)N(Cc1ccccc1)CC1(O)CCC2C34C=CC5(C=C3C(=O)c3cccc(C(F)(F)F)c3)CC(O)CCC5(C)C4CCC21C. The van der Waals surface area contributed by atoms with Gasteiger partial charge in [0.2, 0.25) is 0 Å². The van der Waals surface area contributed by atoms with Crippen LogP contribution in [0.1, 0.15) is 94.1 Å². The standard InChI is InChI=1S/C41H49F3N2O4/c1-26(2)45-35(49)46(24-27-9-6-5-7-10-27)25-39(50)18-15-33-37(39,4)17-14-32-36(3)16-13-30(47)22-38(36)19-20-40(32,33)31(23-38)34(48)28-11-8-12-29(21-28)41(42,43)44/h5-12,19-21,23,26,30,32-33,47,50H,13-18,22,24-25H2,1-4H3,(H,45,49). The third kappa shape index (κ3) is 5.12. The maximum absolute atomic E-state index is 14.7. The van der Waals surface area contributed by atoms with Gasteiger partial charge in [0.1, 0.15) is 0 Å². The summed E-state index contributed by atoms with van der Waals surface area (Å²) in [4.78, 5) is 30.1. The van der Waals surface area contributed by atoms with Crippen LogP contribution in [-0.2, 0) is 12.7 Å². The summed E-state index contributed by atoms with van der Waals surface area (Å²) in [5, 5.41) is 26.8. The van der Waals surface area contributed by atoms with E-state index in [1.165, 1.54) is 12.1 Å². The lowest BCUT2D eigenvalue weighted by Crippen LogP contribution is -2.67. The van der Waals surface area contributed by atoms with Crippen molar-refractivity contribution in [1.29, 1.82) is 0 Å². The van der Waals surface area contributed by atoms with Crippen molar-refractivity contribution in [1.82, 2.24) is 10.2 Å². The smallest absolute Gasteiger partial charge is 0.393 e. The first-order chi connectivity index (χ1) is 23.5. The van der Waals surface area contributed by atoms with Crippen molar-refractivity contribution in [2.24, 2.45) is 33.5 Å². The van der Waals surface area contributed by atoms with E-state index >= 15 is 0 Å². The molecule has 6 aliphatic carbocycles. The molecule has 8 rings (SSSR count). The number of allylic oxidation sites excluding steroid dienone is 4. The molecule has 50 heavy (non-hydrogen) atoms. The van der Waals surface area contributed by atoms with Crippen LogP contribution in [-0.4, -0.2) is 51.2 Å². The maximum atomic E-state index is 14.7. The molecule has 3 fully saturated rings. The molecule has 3 N–H and O–H groups in total. The number of nitrogens with zero attached hydrogens (tertiary/aromatic N) is 1. The van der Waals surface area contributed by atoms with Crippen LogP contribution in [0.5, 0.6) is 0 Å². The topological polar surface area (TPSA) is 89.9 Å². The molecule has 0 heterocycles. The third-order valence-corrected chi connectivity index (χ3v) is 13.8. The van der Waals surface area contributed by atoms with Gasteiger partial charge in [0.05, 0.1) is 23.8 Å². The summed E-state index contributed by atoms with van der Waals surface area (Å²) in [5.41, 5.74) is -3.14. The molecule has 2 spiro atoms. The van der Waals surface area contributed by atoms with Gasteiger partial charge in [0.15, 0.2) is 5.78 Å². The van der Waals surface area contributed by atoms with Crippen LogP contribution in [0.2, 0.25) is 0 Å². The van der Waals surface area contributed by atoms with Crippen LogP contribution >= 0.6 is 0 Å². The van der Waals surface area contributed by atoms with E-state index in [1.54, 1.807) is 4.90 Å². The zero-order valence-electron chi connectivity index (χ0n) is 29.4. The Morgan fingerprint density at radius 2 is 1.62 bits per heavy atom. The highest BCUT2D eigenvalue weighted by molar-refractivity contribution is 6.10. The number of fused-ring (bicyclic) bond motifs is 1. The zero-order chi connectivity index (χ0) is 35.9. The van der Waals surface area contributed by atoms with Crippen LogP contribution in [0.4, 0.5) is 18.0 Å². The van der Waals surface area contributed by atoms with Gasteiger partial charge in [0, 0.05) is 40.0 Å². The van der Waals surface area contributed by atoms with Crippen molar-refractivity contribution in [3.8, 4) is 0 Å². The third-order valence-electron chi connectivity index (χ3n) is 13.8. The molecule has 268 valence electrons. The summed E-state index contributed by atoms with van der Waals surface area (Å²) in [6.45, 7) is 8.59. The number of aliphatic hydroxyl groups is 2. The van der Waals surface area contributed by atoms with E-state index in [4.69, 9.17) is 0 Å². The number of hydrogen-bond acceptors (Lipinski definition) is 4. The van der Waals surface area contributed by atoms with E-state index in [9.17, 15) is 33.0 Å². The quantitative estimate of drug-likeness (QED) is 0.202. The highest BCUT2D eigenvalue weighted by Gasteiger charge is 2.74. The molecule has 2 bridgehead atoms. The zero-order valence-corrected chi connectivity index (χ0v) is 29.4. The lowest BCUT2D eigenvalue weighted by atomic mass is 9.32. The molecule has 0 aromatic heterocycles. The Morgan fingerprint density at radius 1 is 0.940 bits per heavy atom. The fourth-order valence-electron chi connectivity index (χ4n) is 11.2. The Kier molecular flexibility index (Phi) is 8.26. The van der Waals surface area contributed by atoms with Crippen molar-refractivity contribution < 1.29 is 33.0 Å². The predicted octanol–water partition coefficient (Wildman–Crippen LogP) is 8.10. The summed E-state index contributed by atoms with van der Waals surface area (Å²) < 4.78 is 41.6. The number of halogens is 3. The second-order valence-electron chi connectivity index (χ2n) is 16.7. The van der Waals surface area contributed by atoms with Gasteiger partial charge in [-0.05, 0) is 93.7 Å². The lowest BCUT2D eigenvalue weighted by Gasteiger charge is -2.71. The average molecular weight is 691 g/mol. The number of hydrogen-bond donors (Lipinski definition) is 3. The van der Waals surface area contributed by atoms with Crippen molar-refractivity contribution in [3.63, 3.8) is 0 Å². The van der Waals surface area contributed by atoms with Crippen molar-refractivity contribution in [2.75, 3.05) is 6.54 Å². The van der Waals surface area contributed by atoms with E-state index in [0.717, 1.165) is 24.1 Å². The van der Waals surface area contributed by atoms with Gasteiger partial charge in [-0.1, -0.05) is 74.5 Å². The number of urea groups is 1. The van der Waals surface area contributed by atoms with E-state index in [2.05, 4.69) is 31.3 Å². The van der Waals surface area contributed by atoms with Crippen LogP contribution in [0.15, 0.2) is 78.4 Å². The fourth-order valence-corrected chi connectivity index (χ4v) is 11.2. The number of alkyl halides is 3. The predicted molar refractivity (Wildman–Crippen MR) is 185 cm³/mol.